The number of nitrogens with zero attached hydrogens (tertiary/aromatic N) is 1. The lowest BCUT2D eigenvalue weighted by Crippen LogP contribution is -2.28. The molecule has 1 aromatic rings. The summed E-state index contributed by atoms with van der Waals surface area (Å²) in [6, 6.07) is 1.41. The predicted molar refractivity (Wildman–Crippen MR) is 55.3 cm³/mol. The summed E-state index contributed by atoms with van der Waals surface area (Å²) in [5, 5.41) is 2.26. The highest BCUT2D eigenvalue weighted by molar-refractivity contribution is 9.10. The highest BCUT2D eigenvalue weighted by Crippen LogP contribution is 2.20. The molecule has 0 atom stereocenters. The van der Waals surface area contributed by atoms with Crippen LogP contribution in [-0.4, -0.2) is 23.9 Å². The second kappa shape index (κ2) is 5.37. The first-order chi connectivity index (χ1) is 7.00. The molecule has 1 aromatic heterocycles. The van der Waals surface area contributed by atoms with Crippen LogP contribution in [0, 0.1) is 0 Å². The SMILES string of the molecule is O=C(NCC(F)F)c1cnc(Cl)c(Br)c1. The van der Waals surface area contributed by atoms with Crippen molar-refractivity contribution >= 4 is 33.4 Å². The fourth-order valence-corrected chi connectivity index (χ4v) is 1.27. The average molecular weight is 300 g/mol. The van der Waals surface area contributed by atoms with E-state index < -0.39 is 18.9 Å². The molecule has 0 radical (unpaired) electrons. The molecule has 82 valence electrons. The van der Waals surface area contributed by atoms with Crippen LogP contribution in [-0.2, 0) is 0 Å². The van der Waals surface area contributed by atoms with E-state index in [-0.39, 0.29) is 10.7 Å². The summed E-state index contributed by atoms with van der Waals surface area (Å²) in [6.07, 6.45) is -1.36. The van der Waals surface area contributed by atoms with Gasteiger partial charge in [0.05, 0.1) is 16.6 Å². The first kappa shape index (κ1) is 12.3. The number of amides is 1. The molecule has 0 fully saturated rings. The Morgan fingerprint density at radius 2 is 2.33 bits per heavy atom. The van der Waals surface area contributed by atoms with Crippen molar-refractivity contribution in [3.8, 4) is 0 Å². The molecule has 3 nitrogen and oxygen atoms in total. The second-order valence-electron chi connectivity index (χ2n) is 2.60. The van der Waals surface area contributed by atoms with Crippen molar-refractivity contribution in [3.63, 3.8) is 0 Å². The molecule has 0 aliphatic carbocycles. The van der Waals surface area contributed by atoms with E-state index >= 15 is 0 Å². The zero-order valence-corrected chi connectivity index (χ0v) is 9.65. The van der Waals surface area contributed by atoms with Crippen LogP contribution in [0.5, 0.6) is 0 Å². The monoisotopic (exact) mass is 298 g/mol. The van der Waals surface area contributed by atoms with Gasteiger partial charge in [0.2, 0.25) is 0 Å². The molecular formula is C8H6BrClF2N2O. The number of carbonyl (C=O) groups excluding carboxylic acids is 1. The van der Waals surface area contributed by atoms with Gasteiger partial charge in [0, 0.05) is 6.20 Å². The fourth-order valence-electron chi connectivity index (χ4n) is 0.817. The molecule has 0 unspecified atom stereocenters. The molecule has 0 bridgehead atoms. The molecule has 7 heteroatoms. The van der Waals surface area contributed by atoms with Gasteiger partial charge in [-0.25, -0.2) is 13.8 Å². The topological polar surface area (TPSA) is 42.0 Å². The zero-order valence-electron chi connectivity index (χ0n) is 7.31. The van der Waals surface area contributed by atoms with E-state index in [0.717, 1.165) is 0 Å². The summed E-state index contributed by atoms with van der Waals surface area (Å²) in [7, 11) is 0. The maximum absolute atomic E-state index is 11.8. The molecule has 0 saturated heterocycles. The summed E-state index contributed by atoms with van der Waals surface area (Å²) >= 11 is 8.67. The summed E-state index contributed by atoms with van der Waals surface area (Å²) in [4.78, 5) is 15.0. The number of nitrogens with one attached hydrogen (secondary N) is 1. The Hall–Kier alpha value is -0.750. The van der Waals surface area contributed by atoms with Crippen molar-refractivity contribution in [2.45, 2.75) is 6.43 Å². The Bertz CT molecular complexity index is 376. The van der Waals surface area contributed by atoms with Crippen molar-refractivity contribution < 1.29 is 13.6 Å². The lowest BCUT2D eigenvalue weighted by Gasteiger charge is -2.04. The van der Waals surface area contributed by atoms with Gasteiger partial charge in [-0.2, -0.15) is 0 Å². The van der Waals surface area contributed by atoms with Gasteiger partial charge in [-0.15, -0.1) is 0 Å². The number of halogens is 4. The van der Waals surface area contributed by atoms with E-state index in [0.29, 0.717) is 4.47 Å². The van der Waals surface area contributed by atoms with Crippen molar-refractivity contribution in [2.75, 3.05) is 6.54 Å². The Balaban J connectivity index is 2.70. The molecule has 0 aliphatic heterocycles. The van der Waals surface area contributed by atoms with Gasteiger partial charge in [-0.1, -0.05) is 11.6 Å². The van der Waals surface area contributed by atoms with Gasteiger partial charge in [0.15, 0.2) is 0 Å². The van der Waals surface area contributed by atoms with Crippen LogP contribution in [0.25, 0.3) is 0 Å². The summed E-state index contributed by atoms with van der Waals surface area (Å²) in [5.74, 6) is -0.611. The van der Waals surface area contributed by atoms with Crippen LogP contribution in [0.3, 0.4) is 0 Å². The normalized spacial score (nSPS) is 10.5. The van der Waals surface area contributed by atoms with Gasteiger partial charge in [-0.3, -0.25) is 4.79 Å². The van der Waals surface area contributed by atoms with Crippen molar-refractivity contribution in [1.82, 2.24) is 10.3 Å². The number of aromatic nitrogens is 1. The van der Waals surface area contributed by atoms with Crippen LogP contribution < -0.4 is 5.32 Å². The fraction of sp³-hybridized carbons (Fsp3) is 0.250. The van der Waals surface area contributed by atoms with Gasteiger partial charge >= 0.3 is 0 Å². The largest absolute Gasteiger partial charge is 0.346 e. The first-order valence-electron chi connectivity index (χ1n) is 3.88. The molecule has 1 heterocycles. The second-order valence-corrected chi connectivity index (χ2v) is 3.81. The van der Waals surface area contributed by atoms with Gasteiger partial charge < -0.3 is 5.32 Å². The molecule has 1 amide bonds. The van der Waals surface area contributed by atoms with Gasteiger partial charge in [0.1, 0.15) is 5.15 Å². The smallest absolute Gasteiger partial charge is 0.255 e. The number of hydrogen-bond acceptors (Lipinski definition) is 2. The van der Waals surface area contributed by atoms with Crippen molar-refractivity contribution in [3.05, 3.63) is 27.5 Å². The van der Waals surface area contributed by atoms with Crippen LogP contribution in [0.2, 0.25) is 5.15 Å². The Labute approximate surface area is 98.0 Å². The van der Waals surface area contributed by atoms with E-state index in [4.69, 9.17) is 11.6 Å². The highest BCUT2D eigenvalue weighted by atomic mass is 79.9. The minimum absolute atomic E-state index is 0.173. The van der Waals surface area contributed by atoms with Crippen LogP contribution in [0.4, 0.5) is 8.78 Å². The molecule has 1 rings (SSSR count). The minimum atomic E-state index is -2.57. The minimum Gasteiger partial charge on any atom is -0.346 e. The molecule has 15 heavy (non-hydrogen) atoms. The molecule has 0 spiro atoms. The maximum Gasteiger partial charge on any atom is 0.255 e. The zero-order chi connectivity index (χ0) is 11.4. The third-order valence-electron chi connectivity index (χ3n) is 1.48. The summed E-state index contributed by atoms with van der Waals surface area (Å²) < 4.78 is 24.0. The number of pyridine rings is 1. The summed E-state index contributed by atoms with van der Waals surface area (Å²) in [6.45, 7) is -0.681. The van der Waals surface area contributed by atoms with Crippen LogP contribution in [0.1, 0.15) is 10.4 Å². The Morgan fingerprint density at radius 3 is 2.87 bits per heavy atom. The number of carbonyl (C=O) groups is 1. The molecule has 0 aromatic carbocycles. The third-order valence-corrected chi connectivity index (χ3v) is 2.61. The number of rotatable bonds is 3. The van der Waals surface area contributed by atoms with Gasteiger partial charge in [0.25, 0.3) is 12.3 Å². The first-order valence-corrected chi connectivity index (χ1v) is 5.05. The van der Waals surface area contributed by atoms with Crippen LogP contribution in [0.15, 0.2) is 16.7 Å². The third kappa shape index (κ3) is 3.71. The van der Waals surface area contributed by atoms with E-state index in [1.807, 2.05) is 0 Å². The number of alkyl halides is 2. The highest BCUT2D eigenvalue weighted by Gasteiger charge is 2.10. The van der Waals surface area contributed by atoms with Gasteiger partial charge in [-0.05, 0) is 22.0 Å². The number of hydrogen-bond donors (Lipinski definition) is 1. The predicted octanol–water partition coefficient (Wildman–Crippen LogP) is 2.49. The maximum atomic E-state index is 11.8. The summed E-state index contributed by atoms with van der Waals surface area (Å²) in [5.41, 5.74) is 0.173. The molecule has 0 saturated carbocycles. The van der Waals surface area contributed by atoms with Crippen molar-refractivity contribution in [2.24, 2.45) is 0 Å². The quantitative estimate of drug-likeness (QED) is 0.871. The van der Waals surface area contributed by atoms with Crippen molar-refractivity contribution in [1.29, 1.82) is 0 Å². The molecule has 0 aliphatic rings. The lowest BCUT2D eigenvalue weighted by atomic mass is 10.3. The van der Waals surface area contributed by atoms with E-state index in [1.54, 1.807) is 0 Å². The van der Waals surface area contributed by atoms with E-state index in [1.165, 1.54) is 12.3 Å². The average Bonchev–Trinajstić information content (AvgIpc) is 2.18. The van der Waals surface area contributed by atoms with E-state index in [2.05, 4.69) is 26.2 Å². The standard InChI is InChI=1S/C8H6BrClF2N2O/c9-5-1-4(2-13-7(5)10)8(15)14-3-6(11)12/h1-2,6H,3H2,(H,14,15). The molecule has 1 N–H and O–H groups in total. The lowest BCUT2D eigenvalue weighted by molar-refractivity contribution is 0.0891. The Morgan fingerprint density at radius 1 is 1.67 bits per heavy atom. The Kier molecular flexibility index (Phi) is 4.41. The van der Waals surface area contributed by atoms with Crippen LogP contribution >= 0.6 is 27.5 Å². The molecular weight excluding hydrogens is 293 g/mol. The van der Waals surface area contributed by atoms with E-state index in [9.17, 15) is 13.6 Å².